The first-order chi connectivity index (χ1) is 49.2. The van der Waals surface area contributed by atoms with Gasteiger partial charge in [0.15, 0.2) is 0 Å². The van der Waals surface area contributed by atoms with E-state index in [0.29, 0.717) is 18.1 Å². The average Bonchev–Trinajstić information content (AvgIpc) is 0.818. The van der Waals surface area contributed by atoms with Crippen LogP contribution in [-0.2, 0) is 0 Å². The van der Waals surface area contributed by atoms with Crippen molar-refractivity contribution in [1.82, 2.24) is 30.7 Å². The van der Waals surface area contributed by atoms with Crippen molar-refractivity contribution in [2.75, 3.05) is 109 Å². The Hall–Kier alpha value is -8.61. The molecule has 3 saturated heterocycles. The second-order valence-electron chi connectivity index (χ2n) is 28.1. The molecule has 0 aromatic heterocycles. The highest BCUT2D eigenvalue weighted by Crippen LogP contribution is 2.36. The molecular weight excluding hydrogens is 1310 g/mol. The van der Waals surface area contributed by atoms with E-state index in [1.165, 1.54) is 12.1 Å². The van der Waals surface area contributed by atoms with Gasteiger partial charge in [0, 0.05) is 121 Å². The van der Waals surface area contributed by atoms with Crippen LogP contribution in [-0.4, -0.2) is 166 Å². The first-order valence-corrected chi connectivity index (χ1v) is 36.5. The van der Waals surface area contributed by atoms with Gasteiger partial charge in [-0.05, 0) is 191 Å². The lowest BCUT2D eigenvalue weighted by molar-refractivity contribution is 0.137. The summed E-state index contributed by atoms with van der Waals surface area (Å²) in [5.74, 6) is -1.56. The molecule has 18 nitrogen and oxygen atoms in total. The molecule has 6 aromatic carbocycles. The predicted octanol–water partition coefficient (Wildman–Crippen LogP) is 15.0. The lowest BCUT2D eigenvalue weighted by atomic mass is 9.90. The Balaban J connectivity index is 0.000000165. The average molecular weight is 1420 g/mol. The largest absolute Gasteiger partial charge is 0.489 e. The predicted molar refractivity (Wildman–Crippen MR) is 392 cm³/mol. The number of nitrogens with zero attached hydrogens (tertiary/aromatic N) is 6. The fraction of sp³-hybridized carbons (Fsp3) is 0.500. The van der Waals surface area contributed by atoms with Gasteiger partial charge in [-0.25, -0.2) is 40.7 Å². The number of urea groups is 3. The molecule has 6 aliphatic rings. The Morgan fingerprint density at radius 1 is 0.343 bits per heavy atom. The summed E-state index contributed by atoms with van der Waals surface area (Å²) in [7, 11) is 0. The Morgan fingerprint density at radius 2 is 0.627 bits per heavy atom. The third kappa shape index (κ3) is 21.7. The van der Waals surface area contributed by atoms with Gasteiger partial charge in [0.25, 0.3) is 0 Å². The molecule has 12 rings (SSSR count). The lowest BCUT2D eigenvalue weighted by Crippen LogP contribution is -2.52. The van der Waals surface area contributed by atoms with Crippen LogP contribution in [0.4, 0.5) is 74.9 Å². The number of halogens is 6. The molecule has 3 saturated carbocycles. The van der Waals surface area contributed by atoms with E-state index < -0.39 is 64.4 Å². The number of carbonyl (C=O) groups is 3. The summed E-state index contributed by atoms with van der Waals surface area (Å²) in [5.41, 5.74) is 2.50. The van der Waals surface area contributed by atoms with E-state index in [1.54, 1.807) is 0 Å². The third-order valence-corrected chi connectivity index (χ3v) is 19.9. The number of amides is 6. The molecule has 3 heterocycles. The van der Waals surface area contributed by atoms with E-state index in [9.17, 15) is 40.7 Å². The van der Waals surface area contributed by atoms with Gasteiger partial charge in [-0.3, -0.25) is 14.7 Å². The smallest absolute Gasteiger partial charge is 0.319 e. The maximum absolute atomic E-state index is 13.8. The number of hydrogen-bond acceptors (Lipinski definition) is 12. The van der Waals surface area contributed by atoms with Crippen molar-refractivity contribution in [3.8, 4) is 17.2 Å². The van der Waals surface area contributed by atoms with Crippen molar-refractivity contribution in [2.45, 2.75) is 173 Å². The van der Waals surface area contributed by atoms with Gasteiger partial charge >= 0.3 is 18.1 Å². The van der Waals surface area contributed by atoms with Crippen molar-refractivity contribution in [3.05, 3.63) is 162 Å². The highest BCUT2D eigenvalue weighted by Gasteiger charge is 2.34. The van der Waals surface area contributed by atoms with Crippen LogP contribution in [0, 0.1) is 34.9 Å². The quantitative estimate of drug-likeness (QED) is 0.0451. The monoisotopic (exact) mass is 1420 g/mol. The maximum Gasteiger partial charge on any atom is 0.319 e. The van der Waals surface area contributed by atoms with E-state index >= 15 is 0 Å². The van der Waals surface area contributed by atoms with Crippen LogP contribution in [0.1, 0.15) is 119 Å². The van der Waals surface area contributed by atoms with Crippen LogP contribution in [0.25, 0.3) is 0 Å². The Bertz CT molecular complexity index is 3460. The van der Waals surface area contributed by atoms with Gasteiger partial charge in [-0.1, -0.05) is 48.5 Å². The van der Waals surface area contributed by atoms with Gasteiger partial charge in [-0.15, -0.1) is 0 Å². The summed E-state index contributed by atoms with van der Waals surface area (Å²) >= 11 is 0. The van der Waals surface area contributed by atoms with E-state index in [-0.39, 0.29) is 42.1 Å². The van der Waals surface area contributed by atoms with Gasteiger partial charge in [0.05, 0.1) is 41.1 Å². The number of piperazine rings is 3. The molecule has 0 atom stereocenters. The zero-order chi connectivity index (χ0) is 72.2. The number of para-hydroxylation sites is 8. The number of nitrogens with one attached hydrogen (secondary N) is 6. The topological polar surface area (TPSA) is 171 Å². The summed E-state index contributed by atoms with van der Waals surface area (Å²) in [6.07, 6.45) is 11.5. The molecule has 552 valence electrons. The SMILES string of the molecule is CC(C)Oc1ccccc1N1CCN(C2CCC(NC(=O)Nc3c(F)cccc3F)CC2)CC1.CC(C)Oc1ccccc1N1CCN(C2CCC(NC(=O)Nc3c(F)cccc3F)CC2)CC1.CC(C)Oc1ccccc1N1CCN(C2CCC(NC(=O)Nc3cc(F)ccc3F)CC2)CC1. The van der Waals surface area contributed by atoms with Crippen molar-refractivity contribution in [2.24, 2.45) is 0 Å². The van der Waals surface area contributed by atoms with E-state index in [0.717, 1.165) is 232 Å². The van der Waals surface area contributed by atoms with Crippen LogP contribution in [0.5, 0.6) is 17.2 Å². The highest BCUT2D eigenvalue weighted by atomic mass is 19.2. The van der Waals surface area contributed by atoms with Gasteiger partial charge in [0.2, 0.25) is 0 Å². The fourth-order valence-corrected chi connectivity index (χ4v) is 14.8. The molecule has 6 N–H and O–H groups in total. The molecule has 3 aliphatic heterocycles. The summed E-state index contributed by atoms with van der Waals surface area (Å²) in [6.45, 7) is 23.9. The van der Waals surface area contributed by atoms with E-state index in [2.05, 4.69) is 97.7 Å². The van der Waals surface area contributed by atoms with Crippen molar-refractivity contribution in [3.63, 3.8) is 0 Å². The number of ether oxygens (including phenoxy) is 3. The highest BCUT2D eigenvalue weighted by molar-refractivity contribution is 5.91. The molecule has 0 unspecified atom stereocenters. The van der Waals surface area contributed by atoms with Crippen LogP contribution in [0.2, 0.25) is 0 Å². The zero-order valence-corrected chi connectivity index (χ0v) is 59.7. The van der Waals surface area contributed by atoms with Crippen molar-refractivity contribution in [1.29, 1.82) is 0 Å². The Kier molecular flexibility index (Phi) is 27.6. The molecule has 6 aromatic rings. The molecule has 0 bridgehead atoms. The normalized spacial score (nSPS) is 21.4. The molecule has 0 spiro atoms. The van der Waals surface area contributed by atoms with Crippen molar-refractivity contribution >= 4 is 52.2 Å². The van der Waals surface area contributed by atoms with E-state index in [4.69, 9.17) is 14.2 Å². The minimum Gasteiger partial charge on any atom is -0.489 e. The summed E-state index contributed by atoms with van der Waals surface area (Å²) in [5, 5.41) is 15.7. The number of rotatable bonds is 18. The first-order valence-electron chi connectivity index (χ1n) is 36.5. The Labute approximate surface area is 597 Å². The summed E-state index contributed by atoms with van der Waals surface area (Å²) in [4.78, 5) is 51.6. The molecule has 6 amide bonds. The molecule has 0 radical (unpaired) electrons. The molecule has 24 heteroatoms. The minimum absolute atomic E-state index is 0.00688. The molecule has 102 heavy (non-hydrogen) atoms. The lowest BCUT2D eigenvalue weighted by Gasteiger charge is -2.43. The fourth-order valence-electron chi connectivity index (χ4n) is 14.8. The third-order valence-electron chi connectivity index (χ3n) is 19.9. The minimum atomic E-state index is -0.781. The number of benzene rings is 6. The van der Waals surface area contributed by atoms with Gasteiger partial charge < -0.3 is 60.8 Å². The van der Waals surface area contributed by atoms with Crippen LogP contribution in [0.15, 0.2) is 127 Å². The summed E-state index contributed by atoms with van der Waals surface area (Å²) < 4.78 is 100. The number of anilines is 6. The van der Waals surface area contributed by atoms with Crippen LogP contribution < -0.4 is 60.8 Å². The first kappa shape index (κ1) is 76.0. The summed E-state index contributed by atoms with van der Waals surface area (Å²) in [6, 6.07) is 34.7. The van der Waals surface area contributed by atoms with Gasteiger partial charge in [-0.2, -0.15) is 0 Å². The standard InChI is InChI=1S/3C26H34F2N4O2/c2*1-18(2)34-24-9-4-3-8-23(24)32-16-14-31(15-17-32)20-12-10-19(11-13-20)29-26(33)30-25-21(27)6-5-7-22(25)28;1-18(2)34-25-6-4-3-5-24(25)32-15-13-31(14-16-32)21-10-8-20(9-11-21)29-26(33)30-23-17-19(27)7-12-22(23)28/h2*3-9,18-20H,10-17H2,1-2H3,(H2,29,30,33);3-7,12,17-18,20-21H,8-11,13-16H2,1-2H3,(H2,29,30,33). The molecule has 6 fully saturated rings. The van der Waals surface area contributed by atoms with Crippen LogP contribution >= 0.6 is 0 Å². The second kappa shape index (κ2) is 37.0. The second-order valence-corrected chi connectivity index (χ2v) is 28.1. The number of hydrogen-bond donors (Lipinski definition) is 6. The van der Waals surface area contributed by atoms with Gasteiger partial charge in [0.1, 0.15) is 63.5 Å². The zero-order valence-electron chi connectivity index (χ0n) is 59.7. The van der Waals surface area contributed by atoms with Crippen molar-refractivity contribution < 1.29 is 54.9 Å². The van der Waals surface area contributed by atoms with E-state index in [1.807, 2.05) is 77.9 Å². The Morgan fingerprint density at radius 3 is 0.922 bits per heavy atom. The number of carbonyl (C=O) groups excluding carboxylic acids is 3. The molecule has 3 aliphatic carbocycles. The molecular formula is C78H102F6N12O6. The maximum atomic E-state index is 13.8. The van der Waals surface area contributed by atoms with Crippen LogP contribution in [0.3, 0.4) is 0 Å².